The number of sulfonamides is 1. The molecular formula is C17H25NO5S. The van der Waals surface area contributed by atoms with Gasteiger partial charge in [-0.25, -0.2) is 13.1 Å². The lowest BCUT2D eigenvalue weighted by atomic mass is 10.3. The van der Waals surface area contributed by atoms with E-state index in [0.29, 0.717) is 19.6 Å². The third-order valence-electron chi connectivity index (χ3n) is 4.31. The van der Waals surface area contributed by atoms with Crippen LogP contribution in [0.1, 0.15) is 38.5 Å². The minimum absolute atomic E-state index is 0.242. The van der Waals surface area contributed by atoms with E-state index in [9.17, 15) is 8.42 Å². The lowest BCUT2D eigenvalue weighted by Crippen LogP contribution is -2.31. The number of ether oxygens (including phenoxy) is 3. The van der Waals surface area contributed by atoms with Gasteiger partial charge in [0.05, 0.1) is 24.2 Å². The highest BCUT2D eigenvalue weighted by atomic mass is 32.2. The monoisotopic (exact) mass is 355 g/mol. The van der Waals surface area contributed by atoms with Crippen molar-refractivity contribution < 1.29 is 22.6 Å². The molecular weight excluding hydrogens is 330 g/mol. The molecule has 0 atom stereocenters. The Morgan fingerprint density at radius 3 is 2.38 bits per heavy atom. The minimum atomic E-state index is -3.52. The van der Waals surface area contributed by atoms with Gasteiger partial charge >= 0.3 is 0 Å². The first-order valence-electron chi connectivity index (χ1n) is 8.63. The molecule has 0 bridgehead atoms. The van der Waals surface area contributed by atoms with Crippen molar-refractivity contribution in [3.8, 4) is 5.75 Å². The van der Waals surface area contributed by atoms with Crippen molar-refractivity contribution in [2.24, 2.45) is 0 Å². The molecule has 1 heterocycles. The molecule has 1 saturated carbocycles. The first-order valence-corrected chi connectivity index (χ1v) is 10.1. The maximum Gasteiger partial charge on any atom is 0.240 e. The normalized spacial score (nSPS) is 20.3. The molecule has 2 aliphatic rings. The molecule has 1 aromatic rings. The fourth-order valence-electron chi connectivity index (χ4n) is 2.99. The zero-order valence-electron chi connectivity index (χ0n) is 13.8. The molecule has 0 radical (unpaired) electrons. The number of hydrogen-bond acceptors (Lipinski definition) is 5. The SMILES string of the molecule is O=S(=O)(NCCC1OCCCO1)c1ccc(OC2CCCC2)cc1. The van der Waals surface area contributed by atoms with Gasteiger partial charge < -0.3 is 14.2 Å². The van der Waals surface area contributed by atoms with Crippen LogP contribution in [-0.4, -0.2) is 40.6 Å². The van der Waals surface area contributed by atoms with E-state index in [-0.39, 0.29) is 23.8 Å². The molecule has 0 spiro atoms. The van der Waals surface area contributed by atoms with Crippen LogP contribution in [0.25, 0.3) is 0 Å². The first kappa shape index (κ1) is 17.7. The van der Waals surface area contributed by atoms with Crippen LogP contribution < -0.4 is 9.46 Å². The second kappa shape index (κ2) is 8.29. The molecule has 3 rings (SSSR count). The smallest absolute Gasteiger partial charge is 0.240 e. The van der Waals surface area contributed by atoms with Crippen molar-refractivity contribution in [1.82, 2.24) is 4.72 Å². The van der Waals surface area contributed by atoms with Crippen molar-refractivity contribution in [2.75, 3.05) is 19.8 Å². The van der Waals surface area contributed by atoms with E-state index in [4.69, 9.17) is 14.2 Å². The van der Waals surface area contributed by atoms with Crippen LogP contribution in [0.5, 0.6) is 5.75 Å². The first-order chi connectivity index (χ1) is 11.6. The molecule has 0 aromatic heterocycles. The van der Waals surface area contributed by atoms with Gasteiger partial charge in [-0.2, -0.15) is 0 Å². The quantitative estimate of drug-likeness (QED) is 0.813. The van der Waals surface area contributed by atoms with Crippen molar-refractivity contribution in [2.45, 2.75) is 55.8 Å². The summed E-state index contributed by atoms with van der Waals surface area (Å²) in [5, 5.41) is 0. The Morgan fingerprint density at radius 2 is 1.71 bits per heavy atom. The van der Waals surface area contributed by atoms with E-state index in [1.807, 2.05) is 0 Å². The Balaban J connectivity index is 1.49. The van der Waals surface area contributed by atoms with Gasteiger partial charge in [0, 0.05) is 13.0 Å². The lowest BCUT2D eigenvalue weighted by Gasteiger charge is -2.23. The minimum Gasteiger partial charge on any atom is -0.490 e. The summed E-state index contributed by atoms with van der Waals surface area (Å²) in [6.45, 7) is 1.62. The van der Waals surface area contributed by atoms with Crippen LogP contribution >= 0.6 is 0 Å². The summed E-state index contributed by atoms with van der Waals surface area (Å²) in [6.07, 6.45) is 5.90. The third kappa shape index (κ3) is 4.92. The Hall–Kier alpha value is -1.15. The van der Waals surface area contributed by atoms with Gasteiger partial charge in [-0.15, -0.1) is 0 Å². The summed E-state index contributed by atoms with van der Waals surface area (Å²) in [4.78, 5) is 0.242. The molecule has 1 N–H and O–H groups in total. The Labute approximate surface area is 143 Å². The largest absolute Gasteiger partial charge is 0.490 e. The predicted octanol–water partition coefficient (Wildman–Crippen LogP) is 2.44. The zero-order chi connectivity index (χ0) is 16.8. The summed E-state index contributed by atoms with van der Waals surface area (Å²) in [6, 6.07) is 6.61. The van der Waals surface area contributed by atoms with Crippen molar-refractivity contribution >= 4 is 10.0 Å². The highest BCUT2D eigenvalue weighted by Gasteiger charge is 2.19. The van der Waals surface area contributed by atoms with Crippen LogP contribution in [0.3, 0.4) is 0 Å². The molecule has 2 fully saturated rings. The van der Waals surface area contributed by atoms with Crippen LogP contribution in [0.15, 0.2) is 29.2 Å². The van der Waals surface area contributed by atoms with Gasteiger partial charge in [0.1, 0.15) is 5.75 Å². The van der Waals surface area contributed by atoms with Crippen LogP contribution in [0, 0.1) is 0 Å². The predicted molar refractivity (Wildman–Crippen MR) is 89.4 cm³/mol. The standard InChI is InChI=1S/C17H25NO5S/c19-24(20,18-11-10-17-21-12-3-13-22-17)16-8-6-15(7-9-16)23-14-4-1-2-5-14/h6-9,14,17-18H,1-5,10-13H2. The summed E-state index contributed by atoms with van der Waals surface area (Å²) < 4.78 is 43.8. The summed E-state index contributed by atoms with van der Waals surface area (Å²) in [5.41, 5.74) is 0. The second-order valence-corrected chi connectivity index (χ2v) is 7.97. The topological polar surface area (TPSA) is 73.9 Å². The number of nitrogens with one attached hydrogen (secondary N) is 1. The van der Waals surface area contributed by atoms with Gasteiger partial charge in [-0.05, 0) is 56.4 Å². The Kier molecular flexibility index (Phi) is 6.10. The maximum atomic E-state index is 12.3. The third-order valence-corrected chi connectivity index (χ3v) is 5.78. The number of hydrogen-bond donors (Lipinski definition) is 1. The van der Waals surface area contributed by atoms with E-state index < -0.39 is 10.0 Å². The van der Waals surface area contributed by atoms with Gasteiger partial charge in [0.25, 0.3) is 0 Å². The summed E-state index contributed by atoms with van der Waals surface area (Å²) in [7, 11) is -3.52. The van der Waals surface area contributed by atoms with Crippen LogP contribution in [-0.2, 0) is 19.5 Å². The average molecular weight is 355 g/mol. The molecule has 24 heavy (non-hydrogen) atoms. The fourth-order valence-corrected chi connectivity index (χ4v) is 4.04. The molecule has 7 heteroatoms. The second-order valence-electron chi connectivity index (χ2n) is 6.21. The van der Waals surface area contributed by atoms with E-state index in [0.717, 1.165) is 25.0 Å². The van der Waals surface area contributed by atoms with Gasteiger partial charge in [-0.3, -0.25) is 0 Å². The fraction of sp³-hybridized carbons (Fsp3) is 0.647. The lowest BCUT2D eigenvalue weighted by molar-refractivity contribution is -0.180. The summed E-state index contributed by atoms with van der Waals surface area (Å²) in [5.74, 6) is 0.727. The molecule has 1 aliphatic heterocycles. The number of rotatable bonds is 7. The Bertz CT molecular complexity index is 604. The highest BCUT2D eigenvalue weighted by molar-refractivity contribution is 7.89. The maximum absolute atomic E-state index is 12.3. The van der Waals surface area contributed by atoms with Crippen molar-refractivity contribution in [3.63, 3.8) is 0 Å². The molecule has 1 aromatic carbocycles. The van der Waals surface area contributed by atoms with Gasteiger partial charge in [0.15, 0.2) is 6.29 Å². The average Bonchev–Trinajstić information content (AvgIpc) is 3.09. The van der Waals surface area contributed by atoms with Crippen molar-refractivity contribution in [1.29, 1.82) is 0 Å². The Morgan fingerprint density at radius 1 is 1.04 bits per heavy atom. The van der Waals surface area contributed by atoms with E-state index in [1.165, 1.54) is 12.8 Å². The van der Waals surface area contributed by atoms with Crippen LogP contribution in [0.4, 0.5) is 0 Å². The molecule has 0 unspecified atom stereocenters. The van der Waals surface area contributed by atoms with Gasteiger partial charge in [0.2, 0.25) is 10.0 Å². The molecule has 6 nitrogen and oxygen atoms in total. The van der Waals surface area contributed by atoms with Gasteiger partial charge in [-0.1, -0.05) is 0 Å². The van der Waals surface area contributed by atoms with Crippen LogP contribution in [0.2, 0.25) is 0 Å². The highest BCUT2D eigenvalue weighted by Crippen LogP contribution is 2.24. The molecule has 0 amide bonds. The van der Waals surface area contributed by atoms with E-state index in [1.54, 1.807) is 24.3 Å². The number of benzene rings is 1. The van der Waals surface area contributed by atoms with E-state index in [2.05, 4.69) is 4.72 Å². The van der Waals surface area contributed by atoms with E-state index >= 15 is 0 Å². The molecule has 134 valence electrons. The molecule has 1 aliphatic carbocycles. The molecule has 1 saturated heterocycles. The van der Waals surface area contributed by atoms with Crippen molar-refractivity contribution in [3.05, 3.63) is 24.3 Å². The summed E-state index contributed by atoms with van der Waals surface area (Å²) >= 11 is 0. The zero-order valence-corrected chi connectivity index (χ0v) is 14.6.